The Morgan fingerprint density at radius 2 is 0.767 bits per heavy atom. The van der Waals surface area contributed by atoms with Crippen molar-refractivity contribution < 1.29 is 28.5 Å². The molecule has 3 aromatic carbocycles. The average Bonchev–Trinajstić information content (AvgIpc) is 1.53. The number of carbonyl (C=O) groups excluding carboxylic acids is 1. The molecule has 11 nitrogen and oxygen atoms in total. The number of hydrogen-bond donors (Lipinski definition) is 0. The molecule has 6 bridgehead atoms. The molecule has 11 heteroatoms. The van der Waals surface area contributed by atoms with E-state index < -0.39 is 0 Å². The van der Waals surface area contributed by atoms with Gasteiger partial charge in [-0.15, -0.1) is 0 Å². The van der Waals surface area contributed by atoms with E-state index >= 15 is 0 Å². The van der Waals surface area contributed by atoms with Crippen LogP contribution in [0, 0.1) is 34.0 Å². The van der Waals surface area contributed by atoms with E-state index in [1.807, 2.05) is 37.2 Å². The van der Waals surface area contributed by atoms with E-state index in [1.165, 1.54) is 187 Å². The van der Waals surface area contributed by atoms with Crippen molar-refractivity contribution in [1.82, 2.24) is 24.8 Å². The number of nitrogens with zero attached hydrogens (tertiary/aromatic N) is 5. The highest BCUT2D eigenvalue weighted by Crippen LogP contribution is 2.73. The van der Waals surface area contributed by atoms with Gasteiger partial charge >= 0.3 is 0 Å². The van der Waals surface area contributed by atoms with Crippen molar-refractivity contribution in [2.45, 2.75) is 238 Å². The first-order chi connectivity index (χ1) is 50.2. The summed E-state index contributed by atoms with van der Waals surface area (Å²) in [6.45, 7) is 15.5. The largest absolute Gasteiger partial charge is 0.379 e. The van der Waals surface area contributed by atoms with Crippen molar-refractivity contribution in [1.29, 1.82) is 0 Å². The van der Waals surface area contributed by atoms with Gasteiger partial charge in [0.15, 0.2) is 0 Å². The van der Waals surface area contributed by atoms with Crippen LogP contribution in [0.25, 0.3) is 32.3 Å². The summed E-state index contributed by atoms with van der Waals surface area (Å²) in [6.07, 6.45) is 54.4. The van der Waals surface area contributed by atoms with Crippen molar-refractivity contribution in [3.05, 3.63) is 197 Å². The van der Waals surface area contributed by atoms with Crippen LogP contribution in [0.3, 0.4) is 0 Å². The molecule has 8 aliphatic heterocycles. The topological polar surface area (TPSA) is 108 Å². The van der Waals surface area contributed by atoms with Crippen molar-refractivity contribution >= 4 is 38.1 Å². The van der Waals surface area contributed by atoms with Gasteiger partial charge in [-0.05, 0) is 296 Å². The first-order valence-electron chi connectivity index (χ1n) is 40.7. The van der Waals surface area contributed by atoms with E-state index in [0.717, 1.165) is 78.3 Å². The number of fused-ring (bicyclic) bond motifs is 6. The van der Waals surface area contributed by atoms with Gasteiger partial charge in [-0.3, -0.25) is 29.5 Å². The van der Waals surface area contributed by atoms with Crippen molar-refractivity contribution in [2.75, 3.05) is 52.6 Å². The smallest absolute Gasteiger partial charge is 0.136 e. The van der Waals surface area contributed by atoms with E-state index in [4.69, 9.17) is 23.7 Å². The molecule has 0 N–H and O–H groups in total. The molecular weight excluding hydrogens is 1270 g/mol. The van der Waals surface area contributed by atoms with E-state index in [0.29, 0.717) is 66.2 Å². The summed E-state index contributed by atoms with van der Waals surface area (Å²) in [7, 11) is 0. The van der Waals surface area contributed by atoms with Gasteiger partial charge < -0.3 is 23.7 Å². The second-order valence-electron chi connectivity index (χ2n) is 36.4. The van der Waals surface area contributed by atoms with Crippen LogP contribution in [0.1, 0.15) is 209 Å². The van der Waals surface area contributed by atoms with Crippen LogP contribution < -0.4 is 0 Å². The highest BCUT2D eigenvalue weighted by atomic mass is 16.5. The van der Waals surface area contributed by atoms with Crippen molar-refractivity contribution in [2.24, 2.45) is 34.0 Å². The second-order valence-corrected chi connectivity index (χ2v) is 36.4. The van der Waals surface area contributed by atoms with E-state index in [9.17, 15) is 4.79 Å². The normalized spacial score (nSPS) is 41.5. The molecular formula is C92H105N5O6. The number of pyridine rings is 3. The Hall–Kier alpha value is -6.28. The predicted molar refractivity (Wildman–Crippen MR) is 405 cm³/mol. The molecule has 3 unspecified atom stereocenters. The van der Waals surface area contributed by atoms with Crippen LogP contribution in [-0.2, 0) is 28.5 Å². The number of morpholine rings is 2. The number of aromatic nitrogens is 3. The number of rotatable bonds is 5. The minimum absolute atomic E-state index is 0.0243. The number of ether oxygens (including phenoxy) is 5. The third-order valence-electron chi connectivity index (χ3n) is 32.1. The van der Waals surface area contributed by atoms with Crippen molar-refractivity contribution in [3.63, 3.8) is 0 Å². The zero-order valence-corrected chi connectivity index (χ0v) is 61.3. The Morgan fingerprint density at radius 3 is 1.17 bits per heavy atom. The van der Waals surface area contributed by atoms with Gasteiger partial charge in [0.2, 0.25) is 0 Å². The molecule has 6 spiro atoms. The number of benzene rings is 3. The molecule has 6 saturated carbocycles. The molecule has 6 aromatic rings. The fourth-order valence-electron chi connectivity index (χ4n) is 27.1. The Kier molecular flexibility index (Phi) is 15.1. The van der Waals surface area contributed by atoms with Gasteiger partial charge in [0, 0.05) is 104 Å². The van der Waals surface area contributed by atoms with E-state index in [-0.39, 0.29) is 49.9 Å². The molecule has 17 atom stereocenters. The molecule has 11 heterocycles. The Bertz CT molecular complexity index is 4480. The van der Waals surface area contributed by atoms with Crippen LogP contribution in [0.2, 0.25) is 0 Å². The van der Waals surface area contributed by atoms with Gasteiger partial charge in [-0.1, -0.05) is 93.6 Å². The Labute approximate surface area is 609 Å². The van der Waals surface area contributed by atoms with Crippen LogP contribution in [0.5, 0.6) is 0 Å². The number of carbonyl (C=O) groups is 1. The molecule has 534 valence electrons. The van der Waals surface area contributed by atoms with Crippen LogP contribution in [0.15, 0.2) is 180 Å². The Balaban J connectivity index is 0.000000100. The van der Waals surface area contributed by atoms with Crippen LogP contribution in [-0.4, -0.2) is 129 Å². The lowest BCUT2D eigenvalue weighted by Crippen LogP contribution is -2.56. The maximum absolute atomic E-state index is 12.4. The molecule has 23 rings (SSSR count). The minimum atomic E-state index is -0.294. The summed E-state index contributed by atoms with van der Waals surface area (Å²) in [5, 5.41) is 7.61. The zero-order valence-electron chi connectivity index (χ0n) is 61.3. The molecule has 5 saturated heterocycles. The van der Waals surface area contributed by atoms with E-state index in [1.54, 1.807) is 11.1 Å². The standard InChI is InChI=1S/2C32H38N2O2.C28H29NO2/c2*1-30-10-8-26-19-25-4-5-27(34-14-16-35-17-15-34)20-31(25)11-12-32(26,36-31)29(30)7-6-28(30)23-3-2-22-9-13-33-21-24(22)18-23;1-26-10-8-22-15-21-4-5-23(30)16-27(21)11-12-28(22,31-27)25(26)7-6-24(26)19-3-2-18-9-13-29-17-20(18)14-19/h2*2-3,8-9,13,18-19,21,27-29H,4-7,10-12,14-17,20H2,1H3;2-3,8-9,13-15,17,24-25H,4-7,10-12,16H2,1H3/t27-,28+,29+,30+,31+,32?;27-,28-,29-,30-,31-,32?;24-,25-,26-,27-,28?/m011/s1. The molecule has 0 amide bonds. The fraction of sp³-hybridized carbons (Fsp3) is 0.565. The molecule has 9 aliphatic carbocycles. The van der Waals surface area contributed by atoms with Gasteiger partial charge in [0.25, 0.3) is 0 Å². The van der Waals surface area contributed by atoms with Crippen LogP contribution >= 0.6 is 0 Å². The lowest BCUT2D eigenvalue weighted by Gasteiger charge is -2.55. The monoisotopic (exact) mass is 1380 g/mol. The highest BCUT2D eigenvalue weighted by molar-refractivity contribution is 5.85. The van der Waals surface area contributed by atoms with Crippen molar-refractivity contribution in [3.8, 4) is 0 Å². The summed E-state index contributed by atoms with van der Waals surface area (Å²) in [4.78, 5) is 30.9. The van der Waals surface area contributed by atoms with Gasteiger partial charge in [-0.2, -0.15) is 0 Å². The summed E-state index contributed by atoms with van der Waals surface area (Å²) in [6, 6.07) is 28.8. The second kappa shape index (κ2) is 23.9. The summed E-state index contributed by atoms with van der Waals surface area (Å²) >= 11 is 0. The third kappa shape index (κ3) is 9.75. The van der Waals surface area contributed by atoms with Gasteiger partial charge in [0.1, 0.15) is 5.78 Å². The SMILES string of the molecule is C[C@]12CC=C3C=C4CCC(=O)C[C@]45CCC3(O5)[C@@H]1CC[C@@H]2c1ccc2ccncc2c1.C[C@]12CC=C3C=C4CC[C@@H](N5CCOCC5)C[C@]45CCC3(O5)[C@@H]1CC[C@@H]2c1ccc2ccncc2c1.C[C@]12CC=C3C=C4CC[C@H](N5CCOCC5)C[C@]45CCC3(O5)[C@@H]1CC[C@@H]2c1ccc2ccncc2c1. The maximum Gasteiger partial charge on any atom is 0.136 e. The van der Waals surface area contributed by atoms with Gasteiger partial charge in [-0.25, -0.2) is 0 Å². The lowest BCUT2D eigenvalue weighted by atomic mass is 9.58. The molecule has 3 aromatic heterocycles. The maximum atomic E-state index is 12.4. The fourth-order valence-corrected chi connectivity index (χ4v) is 27.1. The number of ketones is 1. The highest BCUT2D eigenvalue weighted by Gasteiger charge is 2.70. The van der Waals surface area contributed by atoms with Crippen LogP contribution in [0.4, 0.5) is 0 Å². The summed E-state index contributed by atoms with van der Waals surface area (Å²) < 4.78 is 33.5. The minimum Gasteiger partial charge on any atom is -0.379 e. The van der Waals surface area contributed by atoms with E-state index in [2.05, 4.69) is 155 Å². The number of allylic oxidation sites excluding steroid dienone is 3. The third-order valence-corrected chi connectivity index (χ3v) is 32.1. The number of hydrogen-bond acceptors (Lipinski definition) is 11. The molecule has 17 aliphatic rings. The zero-order chi connectivity index (χ0) is 68.8. The predicted octanol–water partition coefficient (Wildman–Crippen LogP) is 18.4. The first kappa shape index (κ1) is 65.0. The molecule has 103 heavy (non-hydrogen) atoms. The molecule has 0 radical (unpaired) electrons. The average molecular weight is 1380 g/mol. The molecule has 11 fully saturated rings. The Morgan fingerprint density at radius 1 is 0.398 bits per heavy atom. The number of Topliss-reactive ketones (excluding diaryl/α,β-unsaturated/α-hetero) is 1. The summed E-state index contributed by atoms with van der Waals surface area (Å²) in [5.41, 5.74) is 13.5. The quantitative estimate of drug-likeness (QED) is 0.165. The summed E-state index contributed by atoms with van der Waals surface area (Å²) in [5.74, 6) is 3.79. The lowest BCUT2D eigenvalue weighted by molar-refractivity contribution is -0.146. The first-order valence-corrected chi connectivity index (χ1v) is 40.7. The van der Waals surface area contributed by atoms with Gasteiger partial charge in [0.05, 0.1) is 60.0 Å².